The van der Waals surface area contributed by atoms with Gasteiger partial charge in [-0.3, -0.25) is 14.4 Å². The van der Waals surface area contributed by atoms with Crippen molar-refractivity contribution in [3.05, 3.63) is 65.8 Å². The van der Waals surface area contributed by atoms with E-state index >= 15 is 0 Å². The van der Waals surface area contributed by atoms with E-state index in [9.17, 15) is 9.18 Å². The molecule has 1 saturated heterocycles. The second-order valence-electron chi connectivity index (χ2n) is 8.29. The minimum Gasteiger partial charge on any atom is -0.334 e. The fraction of sp³-hybridized carbons (Fsp3) is 0.478. The molecular weight excluding hydrogens is 367 g/mol. The SMILES string of the molecule is Cn1cc(CN2CCC(C3CC=CCN(Cc4ccc(F)cc4)C3=O)CC2)cn1. The van der Waals surface area contributed by atoms with Crippen molar-refractivity contribution in [2.75, 3.05) is 19.6 Å². The van der Waals surface area contributed by atoms with E-state index in [1.165, 1.54) is 17.7 Å². The van der Waals surface area contributed by atoms with Gasteiger partial charge in [-0.2, -0.15) is 5.10 Å². The Labute approximate surface area is 171 Å². The first-order valence-electron chi connectivity index (χ1n) is 10.5. The lowest BCUT2D eigenvalue weighted by molar-refractivity contribution is -0.137. The summed E-state index contributed by atoms with van der Waals surface area (Å²) >= 11 is 0. The largest absolute Gasteiger partial charge is 0.334 e. The molecule has 2 aliphatic rings. The van der Waals surface area contributed by atoms with Crippen LogP contribution >= 0.6 is 0 Å². The van der Waals surface area contributed by atoms with E-state index in [2.05, 4.69) is 28.3 Å². The van der Waals surface area contributed by atoms with Crippen molar-refractivity contribution in [3.63, 3.8) is 0 Å². The van der Waals surface area contributed by atoms with Gasteiger partial charge in [0.25, 0.3) is 0 Å². The van der Waals surface area contributed by atoms with Crippen LogP contribution in [0.5, 0.6) is 0 Å². The van der Waals surface area contributed by atoms with Crippen LogP contribution in [0.15, 0.2) is 48.8 Å². The van der Waals surface area contributed by atoms with Gasteiger partial charge in [-0.15, -0.1) is 0 Å². The zero-order chi connectivity index (χ0) is 20.2. The van der Waals surface area contributed by atoms with Crippen molar-refractivity contribution >= 4 is 5.91 Å². The van der Waals surface area contributed by atoms with E-state index in [0.29, 0.717) is 19.0 Å². The summed E-state index contributed by atoms with van der Waals surface area (Å²) in [4.78, 5) is 17.7. The monoisotopic (exact) mass is 396 g/mol. The minimum atomic E-state index is -0.244. The highest BCUT2D eigenvalue weighted by molar-refractivity contribution is 5.80. The summed E-state index contributed by atoms with van der Waals surface area (Å²) in [6.45, 7) is 4.14. The van der Waals surface area contributed by atoms with Gasteiger partial charge in [0.15, 0.2) is 0 Å². The van der Waals surface area contributed by atoms with Gasteiger partial charge in [-0.05, 0) is 56.0 Å². The molecule has 0 radical (unpaired) electrons. The number of hydrogen-bond acceptors (Lipinski definition) is 3. The summed E-state index contributed by atoms with van der Waals surface area (Å²) in [5.41, 5.74) is 2.21. The predicted octanol–water partition coefficient (Wildman–Crippen LogP) is 3.38. The molecule has 3 heterocycles. The molecule has 2 aromatic rings. The Morgan fingerprint density at radius 2 is 1.83 bits per heavy atom. The van der Waals surface area contributed by atoms with Gasteiger partial charge >= 0.3 is 0 Å². The molecule has 1 aromatic carbocycles. The fourth-order valence-corrected chi connectivity index (χ4v) is 4.54. The maximum absolute atomic E-state index is 13.3. The molecule has 0 aliphatic carbocycles. The highest BCUT2D eigenvalue weighted by Crippen LogP contribution is 2.31. The van der Waals surface area contributed by atoms with Crippen molar-refractivity contribution in [1.82, 2.24) is 19.6 Å². The number of hydrogen-bond donors (Lipinski definition) is 0. The van der Waals surface area contributed by atoms with Gasteiger partial charge < -0.3 is 4.90 Å². The topological polar surface area (TPSA) is 41.4 Å². The standard InChI is InChI=1S/C23H29FN4O/c1-26-15-19(14-25-26)16-27-12-9-20(10-13-27)22-4-2-3-11-28(23(22)29)17-18-5-7-21(24)8-6-18/h2-3,5-8,14-15,20,22H,4,9-13,16-17H2,1H3. The number of aromatic nitrogens is 2. The molecule has 29 heavy (non-hydrogen) atoms. The number of allylic oxidation sites excluding steroid dienone is 1. The summed E-state index contributed by atoms with van der Waals surface area (Å²) in [7, 11) is 1.94. The van der Waals surface area contributed by atoms with Crippen molar-refractivity contribution in [1.29, 1.82) is 0 Å². The first-order valence-corrected chi connectivity index (χ1v) is 10.5. The number of piperidine rings is 1. The summed E-state index contributed by atoms with van der Waals surface area (Å²) in [6.07, 6.45) is 11.2. The lowest BCUT2D eigenvalue weighted by Gasteiger charge is -2.36. The Morgan fingerprint density at radius 1 is 1.07 bits per heavy atom. The Bertz CT molecular complexity index is 852. The Morgan fingerprint density at radius 3 is 2.52 bits per heavy atom. The highest BCUT2D eigenvalue weighted by atomic mass is 19.1. The van der Waals surface area contributed by atoms with Gasteiger partial charge in [0.05, 0.1) is 6.20 Å². The van der Waals surface area contributed by atoms with Gasteiger partial charge in [0.1, 0.15) is 5.82 Å². The summed E-state index contributed by atoms with van der Waals surface area (Å²) in [5, 5.41) is 4.25. The van der Waals surface area contributed by atoms with Crippen molar-refractivity contribution in [2.24, 2.45) is 18.9 Å². The fourth-order valence-electron chi connectivity index (χ4n) is 4.54. The first-order chi connectivity index (χ1) is 14.1. The van der Waals surface area contributed by atoms with Crippen LogP contribution in [0, 0.1) is 17.7 Å². The van der Waals surface area contributed by atoms with Crippen LogP contribution in [0.1, 0.15) is 30.4 Å². The molecule has 1 unspecified atom stereocenters. The Balaban J connectivity index is 1.35. The molecule has 0 bridgehead atoms. The third-order valence-electron chi connectivity index (χ3n) is 6.16. The van der Waals surface area contributed by atoms with Crippen LogP contribution in [0.2, 0.25) is 0 Å². The lowest BCUT2D eigenvalue weighted by Crippen LogP contribution is -2.42. The molecule has 6 heteroatoms. The quantitative estimate of drug-likeness (QED) is 0.728. The number of aryl methyl sites for hydroxylation is 1. The number of rotatable bonds is 5. The van der Waals surface area contributed by atoms with Crippen LogP contribution in [0.4, 0.5) is 4.39 Å². The highest BCUT2D eigenvalue weighted by Gasteiger charge is 2.34. The minimum absolute atomic E-state index is 0.0507. The van der Waals surface area contributed by atoms with Crippen LogP contribution < -0.4 is 0 Å². The molecule has 4 rings (SSSR count). The maximum Gasteiger partial charge on any atom is 0.226 e. The Hall–Kier alpha value is -2.47. The van der Waals surface area contributed by atoms with Crippen molar-refractivity contribution < 1.29 is 9.18 Å². The zero-order valence-electron chi connectivity index (χ0n) is 17.0. The van der Waals surface area contributed by atoms with E-state index in [0.717, 1.165) is 44.5 Å². The third kappa shape index (κ3) is 4.93. The number of amides is 1. The van der Waals surface area contributed by atoms with Gasteiger partial charge in [-0.25, -0.2) is 4.39 Å². The molecule has 0 spiro atoms. The molecule has 5 nitrogen and oxygen atoms in total. The number of halogens is 1. The van der Waals surface area contributed by atoms with E-state index in [-0.39, 0.29) is 17.6 Å². The van der Waals surface area contributed by atoms with Crippen molar-refractivity contribution in [2.45, 2.75) is 32.4 Å². The average Bonchev–Trinajstić information content (AvgIpc) is 3.04. The third-order valence-corrected chi connectivity index (χ3v) is 6.16. The predicted molar refractivity (Wildman–Crippen MR) is 110 cm³/mol. The van der Waals surface area contributed by atoms with Gasteiger partial charge in [-0.1, -0.05) is 24.3 Å². The Kier molecular flexibility index (Phi) is 6.09. The van der Waals surface area contributed by atoms with Crippen LogP contribution in [-0.2, 0) is 24.9 Å². The molecule has 1 fully saturated rings. The number of nitrogens with zero attached hydrogens (tertiary/aromatic N) is 4. The van der Waals surface area contributed by atoms with Gasteiger partial charge in [0.2, 0.25) is 5.91 Å². The number of benzene rings is 1. The van der Waals surface area contributed by atoms with Gasteiger partial charge in [0, 0.05) is 44.4 Å². The average molecular weight is 397 g/mol. The van der Waals surface area contributed by atoms with Crippen molar-refractivity contribution in [3.8, 4) is 0 Å². The molecule has 0 saturated carbocycles. The lowest BCUT2D eigenvalue weighted by atomic mass is 9.81. The molecule has 1 atom stereocenters. The van der Waals surface area contributed by atoms with Crippen LogP contribution in [0.25, 0.3) is 0 Å². The summed E-state index contributed by atoms with van der Waals surface area (Å²) in [5.74, 6) is 0.470. The first kappa shape index (κ1) is 19.8. The normalized spacial score (nSPS) is 21.5. The summed E-state index contributed by atoms with van der Waals surface area (Å²) < 4.78 is 15.0. The number of carbonyl (C=O) groups is 1. The molecule has 2 aliphatic heterocycles. The van der Waals surface area contributed by atoms with E-state index in [1.54, 1.807) is 12.1 Å². The second kappa shape index (κ2) is 8.91. The molecule has 1 amide bonds. The number of carbonyl (C=O) groups excluding carboxylic acids is 1. The zero-order valence-corrected chi connectivity index (χ0v) is 17.0. The summed E-state index contributed by atoms with van der Waals surface area (Å²) in [6, 6.07) is 6.46. The van der Waals surface area contributed by atoms with Crippen LogP contribution in [-0.4, -0.2) is 45.1 Å². The smallest absolute Gasteiger partial charge is 0.226 e. The van der Waals surface area contributed by atoms with E-state index < -0.39 is 0 Å². The second-order valence-corrected chi connectivity index (χ2v) is 8.29. The maximum atomic E-state index is 13.3. The van der Waals surface area contributed by atoms with Crippen LogP contribution in [0.3, 0.4) is 0 Å². The molecule has 154 valence electrons. The van der Waals surface area contributed by atoms with E-state index in [1.807, 2.05) is 22.8 Å². The molecule has 0 N–H and O–H groups in total. The number of likely N-dealkylation sites (tertiary alicyclic amines) is 1. The molecule has 1 aromatic heterocycles. The molecular formula is C23H29FN4O. The van der Waals surface area contributed by atoms with E-state index in [4.69, 9.17) is 0 Å².